The average Bonchev–Trinajstić information content (AvgIpc) is 3.12. The van der Waals surface area contributed by atoms with E-state index in [-0.39, 0.29) is 12.2 Å². The molecule has 1 fully saturated rings. The molecule has 1 amide bonds. The lowest BCUT2D eigenvalue weighted by Gasteiger charge is -2.21. The van der Waals surface area contributed by atoms with Crippen LogP contribution in [0.15, 0.2) is 30.6 Å². The molecule has 0 unspecified atom stereocenters. The van der Waals surface area contributed by atoms with Gasteiger partial charge in [0.15, 0.2) is 5.82 Å². The van der Waals surface area contributed by atoms with Gasteiger partial charge in [-0.05, 0) is 12.1 Å². The van der Waals surface area contributed by atoms with Gasteiger partial charge in [-0.25, -0.2) is 9.78 Å². The molecule has 0 spiro atoms. The number of fused-ring (bicyclic) bond motifs is 3. The maximum Gasteiger partial charge on any atom is 0.414 e. The fourth-order valence-electron chi connectivity index (χ4n) is 2.64. The number of amides is 1. The van der Waals surface area contributed by atoms with E-state index in [0.717, 1.165) is 22.9 Å². The minimum Gasteiger partial charge on any atom is -0.483 e. The lowest BCUT2D eigenvalue weighted by molar-refractivity contribution is 0.145. The summed E-state index contributed by atoms with van der Waals surface area (Å²) in [5.41, 5.74) is 7.22. The van der Waals surface area contributed by atoms with Crippen molar-refractivity contribution >= 4 is 11.8 Å². The molecule has 3 heterocycles. The Bertz CT molecular complexity index is 712. The van der Waals surface area contributed by atoms with Gasteiger partial charge in [-0.3, -0.25) is 9.47 Å². The predicted molar refractivity (Wildman–Crippen MR) is 74.6 cm³/mol. The molecule has 1 aromatic heterocycles. The van der Waals surface area contributed by atoms with Crippen LogP contribution in [0.1, 0.15) is 5.82 Å². The van der Waals surface area contributed by atoms with Gasteiger partial charge in [0.2, 0.25) is 0 Å². The smallest absolute Gasteiger partial charge is 0.414 e. The number of carbonyl (C=O) groups is 1. The van der Waals surface area contributed by atoms with Crippen LogP contribution in [-0.4, -0.2) is 34.8 Å². The molecule has 2 N–H and O–H groups in total. The molecule has 1 atom stereocenters. The lowest BCUT2D eigenvalue weighted by Crippen LogP contribution is -2.27. The first kappa shape index (κ1) is 12.2. The molecule has 7 heteroatoms. The standard InChI is InChI=1S/C14H14N4O3/c15-6-10-7-18(14(19)21-10)9-1-2-11-12(5-9)20-8-13-16-3-4-17(11)13/h1-5,10H,6-8,15H2/t10-/m0/s1. The number of ether oxygens (including phenoxy) is 2. The van der Waals surface area contributed by atoms with Crippen molar-refractivity contribution in [3.8, 4) is 11.4 Å². The normalized spacial score (nSPS) is 19.8. The van der Waals surface area contributed by atoms with Gasteiger partial charge in [0, 0.05) is 25.0 Å². The molecule has 108 valence electrons. The Morgan fingerprint density at radius 1 is 1.43 bits per heavy atom. The van der Waals surface area contributed by atoms with Crippen LogP contribution < -0.4 is 15.4 Å². The number of carbonyl (C=O) groups excluding carboxylic acids is 1. The van der Waals surface area contributed by atoms with E-state index in [1.807, 2.05) is 29.0 Å². The SMILES string of the molecule is NC[C@H]1CN(c2ccc3c(c2)OCc2nccn2-3)C(=O)O1. The molecule has 1 saturated heterocycles. The summed E-state index contributed by atoms with van der Waals surface area (Å²) in [6.45, 7) is 1.20. The van der Waals surface area contributed by atoms with Gasteiger partial charge in [0.05, 0.1) is 17.9 Å². The average molecular weight is 286 g/mol. The second-order valence-electron chi connectivity index (χ2n) is 5.01. The molecule has 0 saturated carbocycles. The summed E-state index contributed by atoms with van der Waals surface area (Å²) in [5, 5.41) is 0. The predicted octanol–water partition coefficient (Wildman–Crippen LogP) is 1.05. The van der Waals surface area contributed by atoms with Crippen LogP contribution in [0.25, 0.3) is 5.69 Å². The minimum atomic E-state index is -0.371. The summed E-state index contributed by atoms with van der Waals surface area (Å²) < 4.78 is 12.9. The van der Waals surface area contributed by atoms with Crippen LogP contribution >= 0.6 is 0 Å². The highest BCUT2D eigenvalue weighted by Gasteiger charge is 2.32. The molecule has 0 radical (unpaired) electrons. The zero-order valence-corrected chi connectivity index (χ0v) is 11.2. The number of nitrogens with two attached hydrogens (primary N) is 1. The summed E-state index contributed by atoms with van der Waals surface area (Å²) >= 11 is 0. The van der Waals surface area contributed by atoms with Crippen molar-refractivity contribution in [3.05, 3.63) is 36.4 Å². The number of rotatable bonds is 2. The van der Waals surface area contributed by atoms with Crippen molar-refractivity contribution in [2.75, 3.05) is 18.0 Å². The third kappa shape index (κ3) is 1.85. The summed E-state index contributed by atoms with van der Waals surface area (Å²) in [7, 11) is 0. The Labute approximate surface area is 120 Å². The molecule has 21 heavy (non-hydrogen) atoms. The quantitative estimate of drug-likeness (QED) is 0.892. The van der Waals surface area contributed by atoms with Crippen LogP contribution in [0, 0.1) is 0 Å². The summed E-state index contributed by atoms with van der Waals surface area (Å²) in [6, 6.07) is 5.63. The van der Waals surface area contributed by atoms with Gasteiger partial charge in [-0.15, -0.1) is 0 Å². The number of imidazole rings is 1. The number of aromatic nitrogens is 2. The van der Waals surface area contributed by atoms with E-state index in [1.54, 1.807) is 11.1 Å². The number of hydrogen-bond donors (Lipinski definition) is 1. The molecule has 2 aliphatic rings. The Hall–Kier alpha value is -2.54. The Kier molecular flexibility index (Phi) is 2.61. The molecule has 4 rings (SSSR count). The number of hydrogen-bond acceptors (Lipinski definition) is 5. The highest BCUT2D eigenvalue weighted by atomic mass is 16.6. The van der Waals surface area contributed by atoms with Crippen molar-refractivity contribution in [2.24, 2.45) is 5.73 Å². The van der Waals surface area contributed by atoms with Crippen LogP contribution in [0.2, 0.25) is 0 Å². The molecule has 0 aliphatic carbocycles. The Balaban J connectivity index is 1.70. The van der Waals surface area contributed by atoms with Gasteiger partial charge >= 0.3 is 6.09 Å². The van der Waals surface area contributed by atoms with E-state index in [9.17, 15) is 4.79 Å². The first-order valence-electron chi connectivity index (χ1n) is 6.74. The second kappa shape index (κ2) is 4.49. The van der Waals surface area contributed by atoms with Crippen LogP contribution in [0.3, 0.4) is 0 Å². The van der Waals surface area contributed by atoms with E-state index in [4.69, 9.17) is 15.2 Å². The van der Waals surface area contributed by atoms with Gasteiger partial charge in [-0.2, -0.15) is 0 Å². The largest absolute Gasteiger partial charge is 0.483 e. The van der Waals surface area contributed by atoms with Crippen LogP contribution in [-0.2, 0) is 11.3 Å². The fourth-order valence-corrected chi connectivity index (χ4v) is 2.64. The Morgan fingerprint density at radius 2 is 2.33 bits per heavy atom. The fraction of sp³-hybridized carbons (Fsp3) is 0.286. The van der Waals surface area contributed by atoms with Crippen LogP contribution in [0.4, 0.5) is 10.5 Å². The highest BCUT2D eigenvalue weighted by molar-refractivity contribution is 5.90. The first-order chi connectivity index (χ1) is 10.3. The maximum absolute atomic E-state index is 11.9. The minimum absolute atomic E-state index is 0.255. The van der Waals surface area contributed by atoms with Crippen molar-refractivity contribution < 1.29 is 14.3 Å². The molecular weight excluding hydrogens is 272 g/mol. The molecule has 2 aliphatic heterocycles. The molecule has 2 aromatic rings. The van der Waals surface area contributed by atoms with Crippen molar-refractivity contribution in [1.29, 1.82) is 0 Å². The highest BCUT2D eigenvalue weighted by Crippen LogP contribution is 2.34. The molecule has 1 aromatic carbocycles. The summed E-state index contributed by atoms with van der Waals surface area (Å²) in [5.74, 6) is 1.58. The van der Waals surface area contributed by atoms with Gasteiger partial charge < -0.3 is 15.2 Å². The third-order valence-electron chi connectivity index (χ3n) is 3.73. The van der Waals surface area contributed by atoms with Crippen molar-refractivity contribution in [2.45, 2.75) is 12.7 Å². The monoisotopic (exact) mass is 286 g/mol. The molecular formula is C14H14N4O3. The zero-order chi connectivity index (χ0) is 14.4. The van der Waals surface area contributed by atoms with E-state index >= 15 is 0 Å². The van der Waals surface area contributed by atoms with Crippen molar-refractivity contribution in [3.63, 3.8) is 0 Å². The number of anilines is 1. The number of cyclic esters (lactones) is 1. The lowest BCUT2D eigenvalue weighted by atomic mass is 10.2. The van der Waals surface area contributed by atoms with E-state index in [1.165, 1.54) is 0 Å². The molecule has 0 bridgehead atoms. The third-order valence-corrected chi connectivity index (χ3v) is 3.73. The van der Waals surface area contributed by atoms with Gasteiger partial charge in [0.25, 0.3) is 0 Å². The maximum atomic E-state index is 11.9. The van der Waals surface area contributed by atoms with Crippen LogP contribution in [0.5, 0.6) is 5.75 Å². The van der Waals surface area contributed by atoms with E-state index in [0.29, 0.717) is 19.7 Å². The van der Waals surface area contributed by atoms with Gasteiger partial charge in [-0.1, -0.05) is 0 Å². The number of nitrogens with zero attached hydrogens (tertiary/aromatic N) is 3. The zero-order valence-electron chi connectivity index (χ0n) is 11.2. The van der Waals surface area contributed by atoms with Crippen molar-refractivity contribution in [1.82, 2.24) is 9.55 Å². The van der Waals surface area contributed by atoms with Gasteiger partial charge in [0.1, 0.15) is 18.5 Å². The molecule has 7 nitrogen and oxygen atoms in total. The van der Waals surface area contributed by atoms with E-state index in [2.05, 4.69) is 4.98 Å². The second-order valence-corrected chi connectivity index (χ2v) is 5.01. The summed E-state index contributed by atoms with van der Waals surface area (Å²) in [4.78, 5) is 17.7. The first-order valence-corrected chi connectivity index (χ1v) is 6.74. The summed E-state index contributed by atoms with van der Waals surface area (Å²) in [6.07, 6.45) is 3.01. The number of benzene rings is 1. The Morgan fingerprint density at radius 3 is 3.14 bits per heavy atom. The van der Waals surface area contributed by atoms with E-state index < -0.39 is 0 Å². The topological polar surface area (TPSA) is 82.6 Å².